The molecule has 0 unspecified atom stereocenters. The number of nitrogens with zero attached hydrogens (tertiary/aromatic N) is 3. The molecule has 2 heterocycles. The van der Waals surface area contributed by atoms with Crippen LogP contribution in [0.25, 0.3) is 16.7 Å². The van der Waals surface area contributed by atoms with Crippen LogP contribution in [-0.4, -0.2) is 20.0 Å². The Labute approximate surface area is 182 Å². The van der Waals surface area contributed by atoms with E-state index in [1.807, 2.05) is 30.5 Å². The molecule has 0 atom stereocenters. The standard InChI is InChI=1S/C23H20ClFN4O2/c1-14-15(2)29(19-9-5-17(24)6-10-19)22-21(14)23(31)28(13-27-22)12-20(30)26-11-16-3-7-18(25)8-4-16/h3-10,13H,11-12H2,1-2H3,(H,26,30). The molecule has 0 bridgehead atoms. The molecule has 31 heavy (non-hydrogen) atoms. The summed E-state index contributed by atoms with van der Waals surface area (Å²) in [4.78, 5) is 30.0. The molecule has 0 fully saturated rings. The van der Waals surface area contributed by atoms with E-state index in [1.54, 1.807) is 24.3 Å². The van der Waals surface area contributed by atoms with Gasteiger partial charge in [-0.05, 0) is 61.4 Å². The number of benzene rings is 2. The fourth-order valence-electron chi connectivity index (χ4n) is 3.52. The molecule has 0 aliphatic rings. The maximum absolute atomic E-state index is 13.1. The lowest BCUT2D eigenvalue weighted by Gasteiger charge is -2.09. The summed E-state index contributed by atoms with van der Waals surface area (Å²) in [6, 6.07) is 13.2. The van der Waals surface area contributed by atoms with Gasteiger partial charge in [0, 0.05) is 22.9 Å². The van der Waals surface area contributed by atoms with Crippen molar-refractivity contribution in [2.75, 3.05) is 0 Å². The van der Waals surface area contributed by atoms with E-state index < -0.39 is 0 Å². The highest BCUT2D eigenvalue weighted by molar-refractivity contribution is 6.30. The maximum atomic E-state index is 13.1. The number of carbonyl (C=O) groups is 1. The number of halogens is 2. The second-order valence-electron chi connectivity index (χ2n) is 7.30. The van der Waals surface area contributed by atoms with Gasteiger partial charge in [-0.1, -0.05) is 23.7 Å². The lowest BCUT2D eigenvalue weighted by molar-refractivity contribution is -0.121. The van der Waals surface area contributed by atoms with Gasteiger partial charge in [0.2, 0.25) is 5.91 Å². The van der Waals surface area contributed by atoms with E-state index in [4.69, 9.17) is 11.6 Å². The number of amides is 1. The number of nitrogens with one attached hydrogen (secondary N) is 1. The van der Waals surface area contributed by atoms with E-state index in [0.717, 1.165) is 22.5 Å². The third-order valence-electron chi connectivity index (χ3n) is 5.28. The molecule has 1 amide bonds. The third kappa shape index (κ3) is 4.09. The van der Waals surface area contributed by atoms with Gasteiger partial charge in [0.05, 0.1) is 5.39 Å². The minimum Gasteiger partial charge on any atom is -0.350 e. The van der Waals surface area contributed by atoms with Crippen molar-refractivity contribution < 1.29 is 9.18 Å². The fourth-order valence-corrected chi connectivity index (χ4v) is 3.64. The molecular weight excluding hydrogens is 419 g/mol. The van der Waals surface area contributed by atoms with Crippen molar-refractivity contribution >= 4 is 28.5 Å². The predicted molar refractivity (Wildman–Crippen MR) is 118 cm³/mol. The molecule has 2 aromatic heterocycles. The first-order valence-electron chi connectivity index (χ1n) is 9.69. The number of carbonyl (C=O) groups excluding carboxylic acids is 1. The molecule has 0 saturated heterocycles. The molecule has 158 valence electrons. The van der Waals surface area contributed by atoms with Crippen molar-refractivity contribution in [3.05, 3.63) is 92.9 Å². The average Bonchev–Trinajstić information content (AvgIpc) is 3.01. The molecule has 8 heteroatoms. The second kappa shape index (κ2) is 8.35. The van der Waals surface area contributed by atoms with Crippen LogP contribution in [0, 0.1) is 19.7 Å². The van der Waals surface area contributed by atoms with Gasteiger partial charge in [0.15, 0.2) is 5.65 Å². The Morgan fingerprint density at radius 1 is 1.10 bits per heavy atom. The van der Waals surface area contributed by atoms with Crippen molar-refractivity contribution in [2.45, 2.75) is 26.9 Å². The Morgan fingerprint density at radius 2 is 1.77 bits per heavy atom. The van der Waals surface area contributed by atoms with Gasteiger partial charge >= 0.3 is 0 Å². The Kier molecular flexibility index (Phi) is 5.61. The largest absolute Gasteiger partial charge is 0.350 e. The minimum absolute atomic E-state index is 0.159. The van der Waals surface area contributed by atoms with Crippen LogP contribution in [0.5, 0.6) is 0 Å². The number of aryl methyl sites for hydroxylation is 1. The normalized spacial score (nSPS) is 11.1. The monoisotopic (exact) mass is 438 g/mol. The van der Waals surface area contributed by atoms with Crippen LogP contribution in [-0.2, 0) is 17.9 Å². The Balaban J connectivity index is 1.61. The Morgan fingerprint density at radius 3 is 2.45 bits per heavy atom. The summed E-state index contributed by atoms with van der Waals surface area (Å²) in [7, 11) is 0. The summed E-state index contributed by atoms with van der Waals surface area (Å²) in [6.07, 6.45) is 1.38. The van der Waals surface area contributed by atoms with Gasteiger partial charge in [-0.15, -0.1) is 0 Å². The van der Waals surface area contributed by atoms with E-state index in [1.165, 1.54) is 23.0 Å². The SMILES string of the molecule is Cc1c(C)n(-c2ccc(Cl)cc2)c2ncn(CC(=O)NCc3ccc(F)cc3)c(=O)c12. The highest BCUT2D eigenvalue weighted by Gasteiger charge is 2.18. The van der Waals surface area contributed by atoms with Crippen molar-refractivity contribution in [1.29, 1.82) is 0 Å². The molecule has 4 aromatic rings. The highest BCUT2D eigenvalue weighted by atomic mass is 35.5. The molecule has 0 saturated carbocycles. The van der Waals surface area contributed by atoms with Crippen molar-refractivity contribution in [2.24, 2.45) is 0 Å². The molecule has 0 aliphatic heterocycles. The van der Waals surface area contributed by atoms with E-state index in [0.29, 0.717) is 16.1 Å². The first kappa shape index (κ1) is 20.8. The number of aromatic nitrogens is 3. The van der Waals surface area contributed by atoms with Gasteiger partial charge < -0.3 is 5.32 Å². The molecule has 0 spiro atoms. The minimum atomic E-state index is -0.336. The van der Waals surface area contributed by atoms with Gasteiger partial charge in [-0.3, -0.25) is 18.7 Å². The summed E-state index contributed by atoms with van der Waals surface area (Å²) in [5.41, 5.74) is 3.56. The van der Waals surface area contributed by atoms with E-state index in [2.05, 4.69) is 10.3 Å². The van der Waals surface area contributed by atoms with Crippen LogP contribution in [0.15, 0.2) is 59.7 Å². The van der Waals surface area contributed by atoms with Crippen LogP contribution < -0.4 is 10.9 Å². The maximum Gasteiger partial charge on any atom is 0.263 e. The van der Waals surface area contributed by atoms with Crippen LogP contribution >= 0.6 is 11.6 Å². The summed E-state index contributed by atoms with van der Waals surface area (Å²) in [6.45, 7) is 3.87. The van der Waals surface area contributed by atoms with E-state index in [-0.39, 0.29) is 30.4 Å². The smallest absolute Gasteiger partial charge is 0.263 e. The van der Waals surface area contributed by atoms with Crippen molar-refractivity contribution in [3.8, 4) is 5.69 Å². The Hall–Kier alpha value is -3.45. The fraction of sp³-hybridized carbons (Fsp3) is 0.174. The molecule has 0 aliphatic carbocycles. The number of rotatable bonds is 5. The first-order valence-corrected chi connectivity index (χ1v) is 10.1. The third-order valence-corrected chi connectivity index (χ3v) is 5.54. The number of hydrogen-bond donors (Lipinski definition) is 1. The van der Waals surface area contributed by atoms with Gasteiger partial charge in [-0.2, -0.15) is 0 Å². The van der Waals surface area contributed by atoms with Crippen LogP contribution in [0.1, 0.15) is 16.8 Å². The highest BCUT2D eigenvalue weighted by Crippen LogP contribution is 2.25. The van der Waals surface area contributed by atoms with E-state index in [9.17, 15) is 14.0 Å². The molecule has 1 N–H and O–H groups in total. The number of hydrogen-bond acceptors (Lipinski definition) is 3. The van der Waals surface area contributed by atoms with Crippen LogP contribution in [0.3, 0.4) is 0 Å². The average molecular weight is 439 g/mol. The predicted octanol–water partition coefficient (Wildman–Crippen LogP) is 3.91. The zero-order valence-corrected chi connectivity index (χ0v) is 17.8. The summed E-state index contributed by atoms with van der Waals surface area (Å²) in [5.74, 6) is -0.670. The lowest BCUT2D eigenvalue weighted by atomic mass is 10.2. The molecule has 6 nitrogen and oxygen atoms in total. The molecule has 2 aromatic carbocycles. The van der Waals surface area contributed by atoms with E-state index >= 15 is 0 Å². The summed E-state index contributed by atoms with van der Waals surface area (Å²) >= 11 is 6.00. The summed E-state index contributed by atoms with van der Waals surface area (Å²) < 4.78 is 16.2. The van der Waals surface area contributed by atoms with Crippen molar-refractivity contribution in [1.82, 2.24) is 19.4 Å². The first-order chi connectivity index (χ1) is 14.8. The topological polar surface area (TPSA) is 68.9 Å². The molecule has 0 radical (unpaired) electrons. The van der Waals surface area contributed by atoms with Crippen LogP contribution in [0.2, 0.25) is 5.02 Å². The zero-order valence-electron chi connectivity index (χ0n) is 17.0. The van der Waals surface area contributed by atoms with Crippen LogP contribution in [0.4, 0.5) is 4.39 Å². The zero-order chi connectivity index (χ0) is 22.1. The van der Waals surface area contributed by atoms with Gasteiger partial charge in [0.1, 0.15) is 18.7 Å². The summed E-state index contributed by atoms with van der Waals surface area (Å²) in [5, 5.41) is 3.83. The lowest BCUT2D eigenvalue weighted by Crippen LogP contribution is -2.32. The quantitative estimate of drug-likeness (QED) is 0.513. The van der Waals surface area contributed by atoms with Crippen molar-refractivity contribution in [3.63, 3.8) is 0 Å². The Bertz CT molecular complexity index is 1330. The second-order valence-corrected chi connectivity index (χ2v) is 7.74. The number of fused-ring (bicyclic) bond motifs is 1. The molecule has 4 rings (SSSR count). The molecular formula is C23H20ClFN4O2. The van der Waals surface area contributed by atoms with Gasteiger partial charge in [0.25, 0.3) is 5.56 Å². The van der Waals surface area contributed by atoms with Gasteiger partial charge in [-0.25, -0.2) is 9.37 Å².